The van der Waals surface area contributed by atoms with Gasteiger partial charge in [0.15, 0.2) is 6.10 Å². The molecule has 4 nitrogen and oxygen atoms in total. The maximum atomic E-state index is 11.7. The van der Waals surface area contributed by atoms with Gasteiger partial charge in [-0.25, -0.2) is 0 Å². The molecule has 0 bridgehead atoms. The van der Waals surface area contributed by atoms with Gasteiger partial charge in [-0.3, -0.25) is 9.59 Å². The van der Waals surface area contributed by atoms with Gasteiger partial charge >= 0.3 is 0 Å². The van der Waals surface area contributed by atoms with Crippen LogP contribution in [0.4, 0.5) is 0 Å². The number of carbonyl (C=O) groups excluding carboxylic acids is 2. The zero-order valence-electron chi connectivity index (χ0n) is 10.8. The van der Waals surface area contributed by atoms with Gasteiger partial charge in [0.05, 0.1) is 0 Å². The molecule has 1 N–H and O–H groups in total. The van der Waals surface area contributed by atoms with Crippen LogP contribution in [0.25, 0.3) is 0 Å². The van der Waals surface area contributed by atoms with Crippen molar-refractivity contribution < 1.29 is 14.3 Å². The number of benzene rings is 1. The molecule has 0 aliphatic rings. The topological polar surface area (TPSA) is 55.4 Å². The molecular weight excluding hydrogens is 230 g/mol. The van der Waals surface area contributed by atoms with Gasteiger partial charge in [-0.15, -0.1) is 0 Å². The minimum Gasteiger partial charge on any atom is -0.481 e. The number of nitrogens with one attached hydrogen (secondary N) is 1. The Bertz CT molecular complexity index is 387. The van der Waals surface area contributed by atoms with Crippen molar-refractivity contribution in [2.24, 2.45) is 0 Å². The van der Waals surface area contributed by atoms with E-state index in [1.165, 1.54) is 0 Å². The number of amides is 1. The van der Waals surface area contributed by atoms with Crippen LogP contribution in [0.2, 0.25) is 0 Å². The Morgan fingerprint density at radius 1 is 1.39 bits per heavy atom. The van der Waals surface area contributed by atoms with Crippen molar-refractivity contribution in [3.05, 3.63) is 29.8 Å². The summed E-state index contributed by atoms with van der Waals surface area (Å²) in [7, 11) is 0. The van der Waals surface area contributed by atoms with Crippen molar-refractivity contribution >= 4 is 12.2 Å². The van der Waals surface area contributed by atoms with E-state index >= 15 is 0 Å². The van der Waals surface area contributed by atoms with Gasteiger partial charge in [0.25, 0.3) is 5.91 Å². The summed E-state index contributed by atoms with van der Waals surface area (Å²) < 4.78 is 5.48. The number of hydrogen-bond donors (Lipinski definition) is 1. The lowest BCUT2D eigenvalue weighted by molar-refractivity contribution is -0.127. The molecule has 1 rings (SSSR count). The zero-order valence-corrected chi connectivity index (χ0v) is 10.8. The van der Waals surface area contributed by atoms with Gasteiger partial charge < -0.3 is 10.1 Å². The summed E-state index contributed by atoms with van der Waals surface area (Å²) in [5.41, 5.74) is 0.586. The second kappa shape index (κ2) is 7.48. The fraction of sp³-hybridized carbons (Fsp3) is 0.429. The summed E-state index contributed by atoms with van der Waals surface area (Å²) in [5, 5.41) is 2.81. The fourth-order valence-electron chi connectivity index (χ4n) is 1.41. The van der Waals surface area contributed by atoms with Crippen LogP contribution in [0.3, 0.4) is 0 Å². The highest BCUT2D eigenvalue weighted by atomic mass is 16.5. The van der Waals surface area contributed by atoms with Gasteiger partial charge in [0.1, 0.15) is 12.0 Å². The zero-order chi connectivity index (χ0) is 13.4. The molecule has 0 fully saturated rings. The van der Waals surface area contributed by atoms with E-state index in [2.05, 4.69) is 12.2 Å². The highest BCUT2D eigenvalue weighted by Gasteiger charge is 2.13. The number of aldehydes is 1. The quantitative estimate of drug-likeness (QED) is 0.595. The summed E-state index contributed by atoms with van der Waals surface area (Å²) in [6.45, 7) is 4.45. The first-order chi connectivity index (χ1) is 8.67. The van der Waals surface area contributed by atoms with Gasteiger partial charge in [-0.1, -0.05) is 13.3 Å². The summed E-state index contributed by atoms with van der Waals surface area (Å²) in [6, 6.07) is 6.67. The van der Waals surface area contributed by atoms with E-state index < -0.39 is 6.10 Å². The molecule has 0 heterocycles. The number of ether oxygens (including phenoxy) is 1. The van der Waals surface area contributed by atoms with E-state index in [0.29, 0.717) is 17.9 Å². The lowest BCUT2D eigenvalue weighted by Crippen LogP contribution is -2.36. The Labute approximate surface area is 107 Å². The van der Waals surface area contributed by atoms with E-state index in [9.17, 15) is 9.59 Å². The maximum Gasteiger partial charge on any atom is 0.260 e. The van der Waals surface area contributed by atoms with E-state index in [4.69, 9.17) is 4.74 Å². The number of rotatable bonds is 7. The minimum atomic E-state index is -0.538. The van der Waals surface area contributed by atoms with Crippen LogP contribution in [0.15, 0.2) is 24.3 Å². The van der Waals surface area contributed by atoms with Crippen molar-refractivity contribution in [1.29, 1.82) is 0 Å². The highest BCUT2D eigenvalue weighted by Crippen LogP contribution is 2.13. The normalized spacial score (nSPS) is 11.7. The van der Waals surface area contributed by atoms with Crippen molar-refractivity contribution in [2.45, 2.75) is 32.8 Å². The van der Waals surface area contributed by atoms with Crippen LogP contribution in [0.5, 0.6) is 5.75 Å². The number of unbranched alkanes of at least 4 members (excludes halogenated alkanes) is 1. The Kier molecular flexibility index (Phi) is 5.91. The molecule has 0 spiro atoms. The van der Waals surface area contributed by atoms with Crippen LogP contribution < -0.4 is 10.1 Å². The monoisotopic (exact) mass is 249 g/mol. The van der Waals surface area contributed by atoms with E-state index in [1.54, 1.807) is 31.2 Å². The molecule has 1 unspecified atom stereocenters. The molecule has 1 aromatic carbocycles. The molecule has 0 saturated heterocycles. The number of hydrogen-bond acceptors (Lipinski definition) is 3. The van der Waals surface area contributed by atoms with Crippen LogP contribution in [0.1, 0.15) is 37.0 Å². The Balaban J connectivity index is 2.44. The lowest BCUT2D eigenvalue weighted by Gasteiger charge is -2.14. The van der Waals surface area contributed by atoms with Crippen LogP contribution in [-0.2, 0) is 4.79 Å². The number of carbonyl (C=O) groups is 2. The molecule has 1 atom stereocenters. The molecule has 18 heavy (non-hydrogen) atoms. The highest BCUT2D eigenvalue weighted by molar-refractivity contribution is 5.80. The van der Waals surface area contributed by atoms with Crippen molar-refractivity contribution in [3.63, 3.8) is 0 Å². The predicted molar refractivity (Wildman–Crippen MR) is 69.8 cm³/mol. The molecule has 98 valence electrons. The van der Waals surface area contributed by atoms with Gasteiger partial charge in [-0.2, -0.15) is 0 Å². The second-order valence-corrected chi connectivity index (χ2v) is 4.09. The van der Waals surface area contributed by atoms with Crippen molar-refractivity contribution in [3.8, 4) is 5.75 Å². The fourth-order valence-corrected chi connectivity index (χ4v) is 1.41. The molecular formula is C14H19NO3. The lowest BCUT2D eigenvalue weighted by atomic mass is 10.2. The molecule has 0 aromatic heterocycles. The van der Waals surface area contributed by atoms with Gasteiger partial charge in [0, 0.05) is 12.1 Å². The van der Waals surface area contributed by atoms with Crippen LogP contribution >= 0.6 is 0 Å². The van der Waals surface area contributed by atoms with E-state index in [1.807, 2.05) is 0 Å². The summed E-state index contributed by atoms with van der Waals surface area (Å²) in [4.78, 5) is 22.1. The van der Waals surface area contributed by atoms with E-state index in [0.717, 1.165) is 19.1 Å². The molecule has 0 aliphatic heterocycles. The third-order valence-corrected chi connectivity index (χ3v) is 2.53. The summed E-state index contributed by atoms with van der Waals surface area (Å²) in [5.74, 6) is 0.460. The van der Waals surface area contributed by atoms with Gasteiger partial charge in [-0.05, 0) is 37.6 Å². The smallest absolute Gasteiger partial charge is 0.260 e. The standard InChI is InChI=1S/C14H19NO3/c1-3-4-9-15-14(17)11(2)18-13-7-5-12(10-16)6-8-13/h5-8,10-11H,3-4,9H2,1-2H3,(H,15,17). The van der Waals surface area contributed by atoms with Crippen LogP contribution in [-0.4, -0.2) is 24.8 Å². The molecule has 4 heteroatoms. The molecule has 0 radical (unpaired) electrons. The summed E-state index contributed by atoms with van der Waals surface area (Å²) >= 11 is 0. The summed E-state index contributed by atoms with van der Waals surface area (Å²) in [6.07, 6.45) is 2.24. The Morgan fingerprint density at radius 2 is 2.06 bits per heavy atom. The SMILES string of the molecule is CCCCNC(=O)C(C)Oc1ccc(C=O)cc1. The predicted octanol–water partition coefficient (Wildman–Crippen LogP) is 2.18. The van der Waals surface area contributed by atoms with Crippen molar-refractivity contribution in [2.75, 3.05) is 6.54 Å². The largest absolute Gasteiger partial charge is 0.481 e. The molecule has 1 aromatic rings. The first-order valence-corrected chi connectivity index (χ1v) is 6.17. The molecule has 0 saturated carbocycles. The molecule has 1 amide bonds. The Morgan fingerprint density at radius 3 is 2.61 bits per heavy atom. The Hall–Kier alpha value is -1.84. The minimum absolute atomic E-state index is 0.122. The van der Waals surface area contributed by atoms with Crippen molar-refractivity contribution in [1.82, 2.24) is 5.32 Å². The molecule has 0 aliphatic carbocycles. The average Bonchev–Trinajstić information content (AvgIpc) is 2.39. The third-order valence-electron chi connectivity index (χ3n) is 2.53. The second-order valence-electron chi connectivity index (χ2n) is 4.09. The van der Waals surface area contributed by atoms with Crippen LogP contribution in [0, 0.1) is 0 Å². The maximum absolute atomic E-state index is 11.7. The van der Waals surface area contributed by atoms with Gasteiger partial charge in [0.2, 0.25) is 0 Å². The van der Waals surface area contributed by atoms with E-state index in [-0.39, 0.29) is 5.91 Å². The third kappa shape index (κ3) is 4.57. The average molecular weight is 249 g/mol. The first kappa shape index (κ1) is 14.2. The first-order valence-electron chi connectivity index (χ1n) is 6.17.